The second kappa shape index (κ2) is 13.0. The number of carboxylic acid groups (broad SMARTS) is 1. The van der Waals surface area contributed by atoms with E-state index in [9.17, 15) is 9.90 Å². The number of rotatable bonds is 10. The van der Waals surface area contributed by atoms with Gasteiger partial charge in [0.25, 0.3) is 0 Å². The van der Waals surface area contributed by atoms with E-state index < -0.39 is 5.97 Å². The van der Waals surface area contributed by atoms with Crippen molar-refractivity contribution in [1.82, 2.24) is 0 Å². The van der Waals surface area contributed by atoms with Gasteiger partial charge in [-0.05, 0) is 6.92 Å². The third-order valence-electron chi connectivity index (χ3n) is 3.66. The van der Waals surface area contributed by atoms with Crippen LogP contribution in [0.3, 0.4) is 0 Å². The highest BCUT2D eigenvalue weighted by Gasteiger charge is 2.23. The normalized spacial score (nSPS) is 16.3. The molecule has 0 aliphatic carbocycles. The van der Waals surface area contributed by atoms with Crippen molar-refractivity contribution in [3.63, 3.8) is 0 Å². The third kappa shape index (κ3) is 12.7. The number of nitrogens with zero attached hydrogens (tertiary/aromatic N) is 1. The molecule has 1 fully saturated rings. The van der Waals surface area contributed by atoms with Crippen molar-refractivity contribution in [1.29, 1.82) is 0 Å². The lowest BCUT2D eigenvalue weighted by Crippen LogP contribution is -2.40. The summed E-state index contributed by atoms with van der Waals surface area (Å²) in [5, 5.41) is 9.93. The Balaban J connectivity index is 0.000000423. The van der Waals surface area contributed by atoms with Gasteiger partial charge in [0.2, 0.25) is 0 Å². The molecule has 0 spiro atoms. The number of quaternary nitrogens is 1. The van der Waals surface area contributed by atoms with E-state index in [4.69, 9.17) is 14.2 Å². The number of hydrogen-bond donors (Lipinski definition) is 0. The highest BCUT2D eigenvalue weighted by molar-refractivity contribution is 5.64. The molecule has 6 heteroatoms. The maximum absolute atomic E-state index is 9.93. The molecule has 1 aliphatic rings. The lowest BCUT2D eigenvalue weighted by Gasteiger charge is -2.26. The van der Waals surface area contributed by atoms with Gasteiger partial charge >= 0.3 is 0 Å². The highest BCUT2D eigenvalue weighted by Crippen LogP contribution is 2.14. The van der Waals surface area contributed by atoms with Gasteiger partial charge in [0.15, 0.2) is 0 Å². The predicted molar refractivity (Wildman–Crippen MR) is 78.8 cm³/mol. The standard InChI is InChI=1S/C8H16O5.C7H16N/c1-11-4-5-13-7-6-12-3-2-8(9)10;1-3-8(2)6-4-5-7-8/h2-7H2,1H3,(H,9,10);3-7H2,1-2H3/q;+1/p-1. The van der Waals surface area contributed by atoms with Crippen LogP contribution in [-0.4, -0.2) is 77.3 Å². The van der Waals surface area contributed by atoms with Gasteiger partial charge in [-0.1, -0.05) is 0 Å². The maximum atomic E-state index is 9.93. The van der Waals surface area contributed by atoms with Crippen LogP contribution in [0.5, 0.6) is 0 Å². The molecule has 0 atom stereocenters. The average Bonchev–Trinajstić information content (AvgIpc) is 2.90. The number of carbonyl (C=O) groups excluding carboxylic acids is 1. The summed E-state index contributed by atoms with van der Waals surface area (Å²) in [6, 6.07) is 0. The van der Waals surface area contributed by atoms with Crippen LogP contribution in [0, 0.1) is 0 Å². The summed E-state index contributed by atoms with van der Waals surface area (Å²) >= 11 is 0. The highest BCUT2D eigenvalue weighted by atomic mass is 16.5. The number of ether oxygens (including phenoxy) is 3. The van der Waals surface area contributed by atoms with E-state index in [-0.39, 0.29) is 13.0 Å². The minimum atomic E-state index is -1.10. The molecule has 1 saturated heterocycles. The topological polar surface area (TPSA) is 67.8 Å². The first-order valence-corrected chi connectivity index (χ1v) is 7.72. The summed E-state index contributed by atoms with van der Waals surface area (Å²) in [6.45, 7) is 8.54. The molecule has 0 amide bonds. The van der Waals surface area contributed by atoms with Gasteiger partial charge in [-0.15, -0.1) is 0 Å². The van der Waals surface area contributed by atoms with Gasteiger partial charge in [-0.3, -0.25) is 0 Å². The molecule has 0 saturated carbocycles. The number of hydrogen-bond acceptors (Lipinski definition) is 5. The van der Waals surface area contributed by atoms with E-state index in [2.05, 4.69) is 14.0 Å². The predicted octanol–water partition coefficient (Wildman–Crippen LogP) is 0.0527. The van der Waals surface area contributed by atoms with Crippen LogP contribution in [-0.2, 0) is 19.0 Å². The maximum Gasteiger partial charge on any atom is 0.0786 e. The molecule has 21 heavy (non-hydrogen) atoms. The summed E-state index contributed by atoms with van der Waals surface area (Å²) in [4.78, 5) is 9.93. The number of carboxylic acids is 1. The monoisotopic (exact) mass is 305 g/mol. The SMILES string of the molecule is CC[N+]1(C)CCCC1.COCCOCCOCCC(=O)[O-]. The van der Waals surface area contributed by atoms with Crippen LogP contribution in [0.4, 0.5) is 0 Å². The number of methoxy groups -OCH3 is 1. The lowest BCUT2D eigenvalue weighted by atomic mass is 10.4. The van der Waals surface area contributed by atoms with Crippen LogP contribution in [0.1, 0.15) is 26.2 Å². The summed E-state index contributed by atoms with van der Waals surface area (Å²) in [5.41, 5.74) is 0. The molecular formula is C15H31NO5. The largest absolute Gasteiger partial charge is 0.550 e. The minimum absolute atomic E-state index is 0.0714. The van der Waals surface area contributed by atoms with Crippen molar-refractivity contribution in [2.75, 3.05) is 66.8 Å². The molecule has 0 aromatic rings. The van der Waals surface area contributed by atoms with Crippen LogP contribution < -0.4 is 5.11 Å². The van der Waals surface area contributed by atoms with Gasteiger partial charge in [-0.25, -0.2) is 0 Å². The van der Waals surface area contributed by atoms with E-state index >= 15 is 0 Å². The van der Waals surface area contributed by atoms with Crippen LogP contribution in [0.15, 0.2) is 0 Å². The van der Waals surface area contributed by atoms with E-state index in [0.717, 1.165) is 0 Å². The molecule has 126 valence electrons. The molecule has 0 bridgehead atoms. The zero-order valence-electron chi connectivity index (χ0n) is 13.8. The Kier molecular flexibility index (Phi) is 12.6. The Morgan fingerprint density at radius 2 is 1.57 bits per heavy atom. The van der Waals surface area contributed by atoms with Gasteiger partial charge in [-0.2, -0.15) is 0 Å². The molecule has 0 aromatic heterocycles. The van der Waals surface area contributed by atoms with Crippen molar-refractivity contribution in [2.45, 2.75) is 26.2 Å². The zero-order valence-corrected chi connectivity index (χ0v) is 13.8. The molecule has 0 N–H and O–H groups in total. The molecule has 1 heterocycles. The van der Waals surface area contributed by atoms with Crippen molar-refractivity contribution in [3.8, 4) is 0 Å². The minimum Gasteiger partial charge on any atom is -0.550 e. The second-order valence-corrected chi connectivity index (χ2v) is 5.43. The molecule has 0 aromatic carbocycles. The van der Waals surface area contributed by atoms with E-state index in [1.54, 1.807) is 7.11 Å². The fourth-order valence-electron chi connectivity index (χ4n) is 2.03. The molecule has 0 unspecified atom stereocenters. The number of likely N-dealkylation sites (tertiary alicyclic amines) is 1. The zero-order chi connectivity index (χ0) is 16.0. The molecule has 1 aliphatic heterocycles. The average molecular weight is 305 g/mol. The van der Waals surface area contributed by atoms with Gasteiger partial charge in [0.05, 0.1) is 59.7 Å². The van der Waals surface area contributed by atoms with Crippen molar-refractivity contribution >= 4 is 5.97 Å². The fraction of sp³-hybridized carbons (Fsp3) is 0.933. The molecule has 1 rings (SSSR count). The summed E-state index contributed by atoms with van der Waals surface area (Å²) in [7, 11) is 3.95. The lowest BCUT2D eigenvalue weighted by molar-refractivity contribution is -0.895. The van der Waals surface area contributed by atoms with Crippen LogP contribution >= 0.6 is 0 Å². The summed E-state index contributed by atoms with van der Waals surface area (Å²) < 4.78 is 16.1. The van der Waals surface area contributed by atoms with Crippen molar-refractivity contribution in [2.24, 2.45) is 0 Å². The van der Waals surface area contributed by atoms with Crippen molar-refractivity contribution < 1.29 is 28.6 Å². The molecular weight excluding hydrogens is 274 g/mol. The quantitative estimate of drug-likeness (QED) is 0.421. The Morgan fingerprint density at radius 3 is 2.00 bits per heavy atom. The first-order chi connectivity index (χ1) is 10.0. The first-order valence-electron chi connectivity index (χ1n) is 7.72. The fourth-order valence-corrected chi connectivity index (χ4v) is 2.03. The molecule has 6 nitrogen and oxygen atoms in total. The van der Waals surface area contributed by atoms with Gasteiger partial charge in [0.1, 0.15) is 0 Å². The van der Waals surface area contributed by atoms with Crippen LogP contribution in [0.25, 0.3) is 0 Å². The Labute approximate surface area is 128 Å². The smallest absolute Gasteiger partial charge is 0.0786 e. The Bertz CT molecular complexity index is 254. The molecule has 0 radical (unpaired) electrons. The van der Waals surface area contributed by atoms with Crippen molar-refractivity contribution in [3.05, 3.63) is 0 Å². The van der Waals surface area contributed by atoms with Gasteiger partial charge < -0.3 is 28.6 Å². The Morgan fingerprint density at radius 1 is 1.05 bits per heavy atom. The Hall–Kier alpha value is -0.690. The van der Waals surface area contributed by atoms with E-state index in [0.29, 0.717) is 26.4 Å². The number of carbonyl (C=O) groups is 1. The summed E-state index contributed by atoms with van der Waals surface area (Å²) in [6.07, 6.45) is 2.83. The summed E-state index contributed by atoms with van der Waals surface area (Å²) in [5.74, 6) is -1.10. The van der Waals surface area contributed by atoms with Gasteiger partial charge in [0, 0.05) is 32.3 Å². The van der Waals surface area contributed by atoms with Crippen LogP contribution in [0.2, 0.25) is 0 Å². The number of aliphatic carboxylic acids is 1. The van der Waals surface area contributed by atoms with E-state index in [1.807, 2.05) is 0 Å². The second-order valence-electron chi connectivity index (χ2n) is 5.43. The first kappa shape index (κ1) is 20.3. The third-order valence-corrected chi connectivity index (χ3v) is 3.66. The van der Waals surface area contributed by atoms with E-state index in [1.165, 1.54) is 37.0 Å².